The fraction of sp³-hybridized carbons (Fsp3) is 1.00. The lowest BCUT2D eigenvalue weighted by Crippen LogP contribution is -2.22. The van der Waals surface area contributed by atoms with Gasteiger partial charge >= 0.3 is 0 Å². The summed E-state index contributed by atoms with van der Waals surface area (Å²) in [5.74, 6) is 1.62. The summed E-state index contributed by atoms with van der Waals surface area (Å²) in [6.07, 6.45) is 11.2. The van der Waals surface area contributed by atoms with E-state index >= 15 is 0 Å². The first-order chi connectivity index (χ1) is 7.86. The molecule has 0 aromatic carbocycles. The molecule has 1 rings (SSSR count). The molecule has 0 aromatic rings. The normalized spacial score (nSPS) is 21.8. The van der Waals surface area contributed by atoms with Crippen LogP contribution in [0.15, 0.2) is 0 Å². The third-order valence-corrected chi connectivity index (χ3v) is 4.10. The van der Waals surface area contributed by atoms with Gasteiger partial charge < -0.3 is 4.90 Å². The number of rotatable bonds is 9. The number of hydrogen-bond donors (Lipinski definition) is 0. The van der Waals surface area contributed by atoms with Crippen molar-refractivity contribution < 1.29 is 0 Å². The third kappa shape index (κ3) is 6.10. The van der Waals surface area contributed by atoms with Crippen LogP contribution >= 0.6 is 11.6 Å². The minimum absolute atomic E-state index is 0.770. The van der Waals surface area contributed by atoms with E-state index in [1.165, 1.54) is 71.0 Å². The summed E-state index contributed by atoms with van der Waals surface area (Å²) < 4.78 is 0. The van der Waals surface area contributed by atoms with Crippen LogP contribution in [0, 0.1) is 5.92 Å². The molecular weight excluding hydrogens is 218 g/mol. The van der Waals surface area contributed by atoms with Gasteiger partial charge in [0.15, 0.2) is 0 Å². The van der Waals surface area contributed by atoms with Gasteiger partial charge in [0.2, 0.25) is 0 Å². The second-order valence-corrected chi connectivity index (χ2v) is 5.54. The topological polar surface area (TPSA) is 3.24 Å². The zero-order chi connectivity index (χ0) is 11.6. The second-order valence-electron chi connectivity index (χ2n) is 5.23. The fourth-order valence-electron chi connectivity index (χ4n) is 2.53. The molecule has 1 aliphatic heterocycles. The molecule has 1 atom stereocenters. The predicted molar refractivity (Wildman–Crippen MR) is 73.3 cm³/mol. The number of likely N-dealkylation sites (tertiary alicyclic amines) is 1. The van der Waals surface area contributed by atoms with E-state index in [1.54, 1.807) is 0 Å². The summed E-state index contributed by atoms with van der Waals surface area (Å²) in [5, 5.41) is 0. The zero-order valence-corrected chi connectivity index (χ0v) is 11.6. The van der Waals surface area contributed by atoms with Crippen molar-refractivity contribution in [2.24, 2.45) is 5.92 Å². The van der Waals surface area contributed by atoms with Crippen molar-refractivity contribution in [2.75, 3.05) is 25.5 Å². The number of halogens is 1. The van der Waals surface area contributed by atoms with Crippen LogP contribution in [0.4, 0.5) is 0 Å². The lowest BCUT2D eigenvalue weighted by Gasteiger charge is -2.14. The molecule has 0 saturated carbocycles. The van der Waals surface area contributed by atoms with E-state index in [4.69, 9.17) is 11.6 Å². The van der Waals surface area contributed by atoms with Crippen molar-refractivity contribution in [3.8, 4) is 0 Å². The first-order valence-electron chi connectivity index (χ1n) is 7.15. The van der Waals surface area contributed by atoms with Crippen LogP contribution in [0.3, 0.4) is 0 Å². The van der Waals surface area contributed by atoms with Gasteiger partial charge in [0, 0.05) is 12.4 Å². The Morgan fingerprint density at radius 3 is 2.38 bits per heavy atom. The number of unbranched alkanes of at least 4 members (excludes halogenated alkanes) is 6. The molecule has 1 fully saturated rings. The standard InChI is InChI=1S/C14H28ClN/c1-2-3-4-5-6-7-8-10-16-11-9-14(12-15)13-16/h14H,2-13H2,1H3. The van der Waals surface area contributed by atoms with Crippen LogP contribution in [-0.2, 0) is 0 Å². The van der Waals surface area contributed by atoms with E-state index in [2.05, 4.69) is 11.8 Å². The maximum atomic E-state index is 5.88. The van der Waals surface area contributed by atoms with Gasteiger partial charge in [0.1, 0.15) is 0 Å². The molecule has 0 radical (unpaired) electrons. The largest absolute Gasteiger partial charge is 0.303 e. The molecule has 1 nitrogen and oxygen atoms in total. The summed E-state index contributed by atoms with van der Waals surface area (Å²) in [7, 11) is 0. The highest BCUT2D eigenvalue weighted by Gasteiger charge is 2.20. The molecule has 0 bridgehead atoms. The molecule has 1 unspecified atom stereocenters. The zero-order valence-electron chi connectivity index (χ0n) is 10.9. The molecule has 2 heteroatoms. The molecule has 0 spiro atoms. The van der Waals surface area contributed by atoms with Crippen LogP contribution < -0.4 is 0 Å². The monoisotopic (exact) mass is 245 g/mol. The Morgan fingerprint density at radius 1 is 1.06 bits per heavy atom. The van der Waals surface area contributed by atoms with Crippen LogP contribution in [0.5, 0.6) is 0 Å². The molecular formula is C14H28ClN. The van der Waals surface area contributed by atoms with Gasteiger partial charge in [-0.25, -0.2) is 0 Å². The Kier molecular flexibility index (Phi) is 8.32. The van der Waals surface area contributed by atoms with Crippen LogP contribution in [0.2, 0.25) is 0 Å². The van der Waals surface area contributed by atoms with Gasteiger partial charge in [-0.1, -0.05) is 45.4 Å². The molecule has 0 aliphatic carbocycles. The lowest BCUT2D eigenvalue weighted by molar-refractivity contribution is 0.318. The van der Waals surface area contributed by atoms with Crippen LogP contribution in [0.1, 0.15) is 58.3 Å². The van der Waals surface area contributed by atoms with Crippen LogP contribution in [0.25, 0.3) is 0 Å². The minimum atomic E-state index is 0.770. The maximum absolute atomic E-state index is 5.88. The summed E-state index contributed by atoms with van der Waals surface area (Å²) in [5.41, 5.74) is 0. The van der Waals surface area contributed by atoms with E-state index in [0.717, 1.165) is 11.8 Å². The van der Waals surface area contributed by atoms with Gasteiger partial charge in [-0.15, -0.1) is 11.6 Å². The second kappa shape index (κ2) is 9.30. The average molecular weight is 246 g/mol. The average Bonchev–Trinajstić information content (AvgIpc) is 2.76. The first-order valence-corrected chi connectivity index (χ1v) is 7.68. The number of hydrogen-bond acceptors (Lipinski definition) is 1. The number of alkyl halides is 1. The molecule has 0 aromatic heterocycles. The van der Waals surface area contributed by atoms with Gasteiger partial charge in [-0.2, -0.15) is 0 Å². The van der Waals surface area contributed by atoms with Crippen molar-refractivity contribution in [1.82, 2.24) is 4.90 Å². The Labute approximate surface area is 107 Å². The van der Waals surface area contributed by atoms with Gasteiger partial charge in [0.25, 0.3) is 0 Å². The molecule has 1 heterocycles. The van der Waals surface area contributed by atoms with Gasteiger partial charge in [0.05, 0.1) is 0 Å². The molecule has 0 N–H and O–H groups in total. The lowest BCUT2D eigenvalue weighted by atomic mass is 10.1. The van der Waals surface area contributed by atoms with Crippen LogP contribution in [-0.4, -0.2) is 30.4 Å². The van der Waals surface area contributed by atoms with Crippen molar-refractivity contribution in [3.63, 3.8) is 0 Å². The molecule has 1 saturated heterocycles. The number of nitrogens with zero attached hydrogens (tertiary/aromatic N) is 1. The minimum Gasteiger partial charge on any atom is -0.303 e. The van der Waals surface area contributed by atoms with E-state index in [1.807, 2.05) is 0 Å². The summed E-state index contributed by atoms with van der Waals surface area (Å²) in [6.45, 7) is 6.12. The van der Waals surface area contributed by atoms with E-state index in [9.17, 15) is 0 Å². The summed E-state index contributed by atoms with van der Waals surface area (Å²) in [4.78, 5) is 2.60. The highest BCUT2D eigenvalue weighted by Crippen LogP contribution is 2.18. The Bertz CT molecular complexity index is 161. The van der Waals surface area contributed by atoms with E-state index in [0.29, 0.717) is 0 Å². The predicted octanol–water partition coefficient (Wildman–Crippen LogP) is 4.30. The smallest absolute Gasteiger partial charge is 0.0264 e. The Hall–Kier alpha value is 0.250. The molecule has 0 amide bonds. The first kappa shape index (κ1) is 14.3. The third-order valence-electron chi connectivity index (χ3n) is 3.67. The SMILES string of the molecule is CCCCCCCCCN1CCC(CCl)C1. The quantitative estimate of drug-likeness (QED) is 0.433. The van der Waals surface area contributed by atoms with Gasteiger partial charge in [-0.3, -0.25) is 0 Å². The highest BCUT2D eigenvalue weighted by molar-refractivity contribution is 6.18. The van der Waals surface area contributed by atoms with Crippen molar-refractivity contribution >= 4 is 11.6 Å². The summed E-state index contributed by atoms with van der Waals surface area (Å²) >= 11 is 5.88. The highest BCUT2D eigenvalue weighted by atomic mass is 35.5. The fourth-order valence-corrected chi connectivity index (χ4v) is 2.79. The van der Waals surface area contributed by atoms with Crippen molar-refractivity contribution in [1.29, 1.82) is 0 Å². The molecule has 96 valence electrons. The summed E-state index contributed by atoms with van der Waals surface area (Å²) in [6, 6.07) is 0. The molecule has 16 heavy (non-hydrogen) atoms. The van der Waals surface area contributed by atoms with E-state index < -0.39 is 0 Å². The maximum Gasteiger partial charge on any atom is 0.0264 e. The molecule has 1 aliphatic rings. The van der Waals surface area contributed by atoms with Gasteiger partial charge in [-0.05, 0) is 31.8 Å². The Balaban J connectivity index is 1.84. The van der Waals surface area contributed by atoms with Crippen molar-refractivity contribution in [3.05, 3.63) is 0 Å². The van der Waals surface area contributed by atoms with Crippen molar-refractivity contribution in [2.45, 2.75) is 58.3 Å². The van der Waals surface area contributed by atoms with E-state index in [-0.39, 0.29) is 0 Å². The Morgan fingerprint density at radius 2 is 1.75 bits per heavy atom.